The first kappa shape index (κ1) is 16.7. The Morgan fingerprint density at radius 1 is 1.32 bits per heavy atom. The van der Waals surface area contributed by atoms with Crippen LogP contribution in [0, 0.1) is 0 Å². The van der Waals surface area contributed by atoms with Crippen LogP contribution >= 0.6 is 11.8 Å². The van der Waals surface area contributed by atoms with E-state index in [2.05, 4.69) is 50.5 Å². The van der Waals surface area contributed by atoms with Gasteiger partial charge in [0.2, 0.25) is 0 Å². The summed E-state index contributed by atoms with van der Waals surface area (Å²) in [6.07, 6.45) is 5.02. The standard InChI is InChI=1S/C16H25N5S/c1-3-17-16(19-10-12-22-2)18-9-6-11-21-13-20-14-7-4-5-8-15(14)21/h4-5,7-8,13H,3,6,9-12H2,1-2H3,(H2,17,18,19). The highest BCUT2D eigenvalue weighted by molar-refractivity contribution is 7.98. The third kappa shape index (κ3) is 4.94. The number of fused-ring (bicyclic) bond motifs is 1. The van der Waals surface area contributed by atoms with E-state index in [9.17, 15) is 0 Å². The molecule has 0 fully saturated rings. The van der Waals surface area contributed by atoms with Crippen molar-refractivity contribution in [2.45, 2.75) is 19.9 Å². The van der Waals surface area contributed by atoms with Gasteiger partial charge in [0.05, 0.1) is 17.4 Å². The molecule has 2 N–H and O–H groups in total. The molecule has 0 saturated heterocycles. The Bertz CT molecular complexity index is 593. The molecule has 1 aromatic heterocycles. The Morgan fingerprint density at radius 2 is 2.18 bits per heavy atom. The normalized spacial score (nSPS) is 11.8. The van der Waals surface area contributed by atoms with Crippen LogP contribution in [0.15, 0.2) is 35.6 Å². The minimum atomic E-state index is 0.807. The van der Waals surface area contributed by atoms with Crippen molar-refractivity contribution in [2.75, 3.05) is 31.6 Å². The van der Waals surface area contributed by atoms with Gasteiger partial charge in [0.15, 0.2) is 5.96 Å². The zero-order valence-electron chi connectivity index (χ0n) is 13.4. The second-order valence-electron chi connectivity index (χ2n) is 4.96. The van der Waals surface area contributed by atoms with Crippen molar-refractivity contribution in [1.82, 2.24) is 20.2 Å². The van der Waals surface area contributed by atoms with Crippen molar-refractivity contribution in [3.63, 3.8) is 0 Å². The Labute approximate surface area is 136 Å². The maximum absolute atomic E-state index is 4.62. The SMILES string of the molecule is CCNC(=NCCCn1cnc2ccccc21)NCCSC. The van der Waals surface area contributed by atoms with Crippen LogP contribution < -0.4 is 10.6 Å². The summed E-state index contributed by atoms with van der Waals surface area (Å²) in [7, 11) is 0. The van der Waals surface area contributed by atoms with Crippen LogP contribution in [0.4, 0.5) is 0 Å². The van der Waals surface area contributed by atoms with Crippen molar-refractivity contribution in [1.29, 1.82) is 0 Å². The van der Waals surface area contributed by atoms with Gasteiger partial charge in [-0.15, -0.1) is 0 Å². The third-order valence-corrected chi connectivity index (χ3v) is 3.91. The molecule has 22 heavy (non-hydrogen) atoms. The quantitative estimate of drug-likeness (QED) is 0.445. The number of hydrogen-bond donors (Lipinski definition) is 2. The van der Waals surface area contributed by atoms with E-state index >= 15 is 0 Å². The maximum atomic E-state index is 4.62. The number of benzene rings is 1. The van der Waals surface area contributed by atoms with E-state index in [0.717, 1.165) is 49.8 Å². The molecule has 1 heterocycles. The first-order valence-electron chi connectivity index (χ1n) is 7.76. The van der Waals surface area contributed by atoms with Crippen LogP contribution in [0.5, 0.6) is 0 Å². The number of hydrogen-bond acceptors (Lipinski definition) is 3. The highest BCUT2D eigenvalue weighted by atomic mass is 32.2. The lowest BCUT2D eigenvalue weighted by Gasteiger charge is -2.10. The van der Waals surface area contributed by atoms with E-state index in [4.69, 9.17) is 0 Å². The molecule has 120 valence electrons. The van der Waals surface area contributed by atoms with Gasteiger partial charge in [-0.3, -0.25) is 4.99 Å². The number of thioether (sulfide) groups is 1. The van der Waals surface area contributed by atoms with Crippen molar-refractivity contribution in [3.05, 3.63) is 30.6 Å². The predicted molar refractivity (Wildman–Crippen MR) is 96.7 cm³/mol. The van der Waals surface area contributed by atoms with Crippen LogP contribution in [0.1, 0.15) is 13.3 Å². The summed E-state index contributed by atoms with van der Waals surface area (Å²) < 4.78 is 2.19. The largest absolute Gasteiger partial charge is 0.357 e. The highest BCUT2D eigenvalue weighted by Crippen LogP contribution is 2.11. The van der Waals surface area contributed by atoms with Crippen molar-refractivity contribution >= 4 is 28.8 Å². The number of nitrogens with one attached hydrogen (secondary N) is 2. The van der Waals surface area contributed by atoms with Crippen LogP contribution in [0.25, 0.3) is 11.0 Å². The smallest absolute Gasteiger partial charge is 0.191 e. The minimum Gasteiger partial charge on any atom is -0.357 e. The van der Waals surface area contributed by atoms with Gasteiger partial charge in [0, 0.05) is 31.9 Å². The Balaban J connectivity index is 1.82. The molecule has 0 radical (unpaired) electrons. The van der Waals surface area contributed by atoms with Crippen molar-refractivity contribution in [2.24, 2.45) is 4.99 Å². The second-order valence-corrected chi connectivity index (χ2v) is 5.95. The first-order valence-corrected chi connectivity index (χ1v) is 9.15. The van der Waals surface area contributed by atoms with E-state index in [0.29, 0.717) is 0 Å². The number of aryl methyl sites for hydroxylation is 1. The van der Waals surface area contributed by atoms with Gasteiger partial charge in [-0.05, 0) is 31.7 Å². The molecule has 6 heteroatoms. The van der Waals surface area contributed by atoms with Crippen LogP contribution in [0.2, 0.25) is 0 Å². The van der Waals surface area contributed by atoms with E-state index in [1.807, 2.05) is 30.2 Å². The molecule has 2 aromatic rings. The first-order chi connectivity index (χ1) is 10.8. The van der Waals surface area contributed by atoms with E-state index in [-0.39, 0.29) is 0 Å². The number of nitrogens with zero attached hydrogens (tertiary/aromatic N) is 3. The topological polar surface area (TPSA) is 54.2 Å². The molecule has 0 saturated carbocycles. The fraction of sp³-hybridized carbons (Fsp3) is 0.500. The van der Waals surface area contributed by atoms with Gasteiger partial charge in [0.25, 0.3) is 0 Å². The summed E-state index contributed by atoms with van der Waals surface area (Å²) in [6, 6.07) is 8.23. The molecule has 2 rings (SSSR count). The lowest BCUT2D eigenvalue weighted by Crippen LogP contribution is -2.38. The molecule has 0 spiro atoms. The van der Waals surface area contributed by atoms with Gasteiger partial charge >= 0.3 is 0 Å². The summed E-state index contributed by atoms with van der Waals surface area (Å²) in [5.74, 6) is 2.00. The molecule has 5 nitrogen and oxygen atoms in total. The van der Waals surface area contributed by atoms with Crippen molar-refractivity contribution < 1.29 is 0 Å². The third-order valence-electron chi connectivity index (χ3n) is 3.30. The molecule has 0 bridgehead atoms. The monoisotopic (exact) mass is 319 g/mol. The number of para-hydroxylation sites is 2. The fourth-order valence-corrected chi connectivity index (χ4v) is 2.54. The van der Waals surface area contributed by atoms with Gasteiger partial charge in [-0.1, -0.05) is 12.1 Å². The van der Waals surface area contributed by atoms with Crippen LogP contribution in [-0.4, -0.2) is 47.2 Å². The highest BCUT2D eigenvalue weighted by Gasteiger charge is 2.01. The van der Waals surface area contributed by atoms with Crippen molar-refractivity contribution in [3.8, 4) is 0 Å². The van der Waals surface area contributed by atoms with Gasteiger partial charge in [-0.25, -0.2) is 4.98 Å². The maximum Gasteiger partial charge on any atom is 0.191 e. The summed E-state index contributed by atoms with van der Waals surface area (Å²) in [5, 5.41) is 6.62. The summed E-state index contributed by atoms with van der Waals surface area (Å²) in [4.78, 5) is 9.03. The number of imidazole rings is 1. The fourth-order valence-electron chi connectivity index (χ4n) is 2.23. The molecule has 0 amide bonds. The predicted octanol–water partition coefficient (Wildman–Crippen LogP) is 2.34. The molecule has 0 atom stereocenters. The second kappa shape index (κ2) is 9.35. The lowest BCUT2D eigenvalue weighted by molar-refractivity contribution is 0.662. The van der Waals surface area contributed by atoms with Crippen LogP contribution in [-0.2, 0) is 6.54 Å². The Kier molecular flexibility index (Phi) is 7.09. The average Bonchev–Trinajstić information content (AvgIpc) is 2.95. The molecule has 0 unspecified atom stereocenters. The summed E-state index contributed by atoms with van der Waals surface area (Å²) in [5.41, 5.74) is 2.24. The number of aliphatic imine (C=N–C) groups is 1. The zero-order valence-corrected chi connectivity index (χ0v) is 14.2. The zero-order chi connectivity index (χ0) is 15.6. The molecular formula is C16H25N5S. The lowest BCUT2D eigenvalue weighted by atomic mass is 10.3. The van der Waals surface area contributed by atoms with E-state index in [1.54, 1.807) is 0 Å². The Morgan fingerprint density at radius 3 is 3.00 bits per heavy atom. The molecule has 0 aliphatic carbocycles. The van der Waals surface area contributed by atoms with Gasteiger partial charge < -0.3 is 15.2 Å². The number of guanidine groups is 1. The van der Waals surface area contributed by atoms with Gasteiger partial charge in [0.1, 0.15) is 0 Å². The number of rotatable bonds is 8. The Hall–Kier alpha value is -1.69. The minimum absolute atomic E-state index is 0.807. The molecular weight excluding hydrogens is 294 g/mol. The summed E-state index contributed by atoms with van der Waals surface area (Å²) >= 11 is 1.83. The average molecular weight is 319 g/mol. The molecule has 1 aromatic carbocycles. The molecule has 0 aliphatic heterocycles. The van der Waals surface area contributed by atoms with E-state index in [1.165, 1.54) is 5.52 Å². The van der Waals surface area contributed by atoms with Gasteiger partial charge in [-0.2, -0.15) is 11.8 Å². The summed E-state index contributed by atoms with van der Waals surface area (Å²) in [6.45, 7) is 5.66. The number of aromatic nitrogens is 2. The molecule has 0 aliphatic rings. The van der Waals surface area contributed by atoms with E-state index < -0.39 is 0 Å². The van der Waals surface area contributed by atoms with Crippen LogP contribution in [0.3, 0.4) is 0 Å².